The zero-order valence-corrected chi connectivity index (χ0v) is 17.5. The number of anilines is 2. The molecule has 28 heavy (non-hydrogen) atoms. The van der Waals surface area contributed by atoms with Crippen LogP contribution >= 0.6 is 0 Å². The summed E-state index contributed by atoms with van der Waals surface area (Å²) in [6.45, 7) is 5.76. The molecule has 0 saturated carbocycles. The maximum absolute atomic E-state index is 11.8. The van der Waals surface area contributed by atoms with Crippen LogP contribution in [0.5, 0.6) is 0 Å². The van der Waals surface area contributed by atoms with E-state index in [0.717, 1.165) is 43.7 Å². The van der Waals surface area contributed by atoms with Gasteiger partial charge in [-0.2, -0.15) is 0 Å². The number of aromatic nitrogens is 1. The number of hydrogen-bond acceptors (Lipinski definition) is 5. The molecule has 7 heteroatoms. The maximum Gasteiger partial charge on any atom is 0.232 e. The van der Waals surface area contributed by atoms with E-state index in [2.05, 4.69) is 32.9 Å². The number of nitrogens with one attached hydrogen (secondary N) is 2. The zero-order valence-electron chi connectivity index (χ0n) is 16.6. The third-order valence-electron chi connectivity index (χ3n) is 5.12. The quantitative estimate of drug-likeness (QED) is 0.710. The van der Waals surface area contributed by atoms with E-state index in [1.165, 1.54) is 0 Å². The van der Waals surface area contributed by atoms with Gasteiger partial charge in [0.25, 0.3) is 0 Å². The molecule has 152 valence electrons. The minimum Gasteiger partial charge on any atom is -0.371 e. The first-order chi connectivity index (χ1) is 13.4. The smallest absolute Gasteiger partial charge is 0.232 e. The monoisotopic (exact) mass is 402 g/mol. The topological polar surface area (TPSA) is 74.3 Å². The summed E-state index contributed by atoms with van der Waals surface area (Å²) in [6, 6.07) is 14.6. The van der Waals surface area contributed by atoms with E-state index < -0.39 is 10.0 Å². The van der Waals surface area contributed by atoms with Crippen molar-refractivity contribution in [2.75, 3.05) is 28.5 Å². The molecule has 1 saturated heterocycles. The Balaban J connectivity index is 1.51. The summed E-state index contributed by atoms with van der Waals surface area (Å²) in [5.41, 5.74) is 2.81. The second-order valence-electron chi connectivity index (χ2n) is 7.41. The van der Waals surface area contributed by atoms with Crippen molar-refractivity contribution >= 4 is 21.4 Å². The third kappa shape index (κ3) is 5.94. The second kappa shape index (κ2) is 9.39. The summed E-state index contributed by atoms with van der Waals surface area (Å²) < 4.78 is 26.2. The van der Waals surface area contributed by atoms with Crippen molar-refractivity contribution in [1.29, 1.82) is 0 Å². The van der Waals surface area contributed by atoms with Crippen LogP contribution in [0.1, 0.15) is 32.4 Å². The highest BCUT2D eigenvalue weighted by Gasteiger charge is 2.21. The van der Waals surface area contributed by atoms with Crippen molar-refractivity contribution in [2.45, 2.75) is 45.2 Å². The first kappa shape index (κ1) is 20.6. The van der Waals surface area contributed by atoms with Crippen LogP contribution in [-0.2, 0) is 16.4 Å². The Morgan fingerprint density at radius 1 is 1.18 bits per heavy atom. The average Bonchev–Trinajstić information content (AvgIpc) is 2.69. The van der Waals surface area contributed by atoms with E-state index in [9.17, 15) is 8.42 Å². The molecule has 0 bridgehead atoms. The lowest BCUT2D eigenvalue weighted by atomic mass is 10.0. The highest BCUT2D eigenvalue weighted by Crippen LogP contribution is 2.24. The standard InChI is InChI=1S/C21H30N4O2S/c1-3-28(26,27)24-20-8-6-9-21(16-20)25-13-10-18(11-14-25)23-17(2)15-19-7-4-5-12-22-19/h4-9,12,16-18,23-24H,3,10-11,13-15H2,1-2H3. The average molecular weight is 403 g/mol. The molecule has 1 aromatic heterocycles. The van der Waals surface area contributed by atoms with Crippen molar-refractivity contribution in [3.8, 4) is 0 Å². The van der Waals surface area contributed by atoms with Crippen molar-refractivity contribution in [1.82, 2.24) is 10.3 Å². The van der Waals surface area contributed by atoms with Crippen LogP contribution in [0.25, 0.3) is 0 Å². The van der Waals surface area contributed by atoms with E-state index in [4.69, 9.17) is 0 Å². The van der Waals surface area contributed by atoms with E-state index >= 15 is 0 Å². The molecule has 0 aliphatic carbocycles. The third-order valence-corrected chi connectivity index (χ3v) is 6.43. The van der Waals surface area contributed by atoms with Gasteiger partial charge in [0, 0.05) is 49.2 Å². The second-order valence-corrected chi connectivity index (χ2v) is 9.42. The molecular weight excluding hydrogens is 372 g/mol. The van der Waals surface area contributed by atoms with E-state index in [-0.39, 0.29) is 5.75 Å². The van der Waals surface area contributed by atoms with Gasteiger partial charge in [-0.3, -0.25) is 9.71 Å². The summed E-state index contributed by atoms with van der Waals surface area (Å²) in [6.07, 6.45) is 4.91. The maximum atomic E-state index is 11.8. The van der Waals surface area contributed by atoms with Gasteiger partial charge in [0.05, 0.1) is 11.4 Å². The molecule has 1 aromatic carbocycles. The number of piperidine rings is 1. The van der Waals surface area contributed by atoms with Crippen LogP contribution < -0.4 is 14.9 Å². The molecule has 3 rings (SSSR count). The van der Waals surface area contributed by atoms with Crippen molar-refractivity contribution in [3.63, 3.8) is 0 Å². The Kier molecular flexibility index (Phi) is 6.91. The number of hydrogen-bond donors (Lipinski definition) is 2. The predicted octanol–water partition coefficient (Wildman–Crippen LogP) is 3.03. The largest absolute Gasteiger partial charge is 0.371 e. The summed E-state index contributed by atoms with van der Waals surface area (Å²) in [7, 11) is -3.25. The van der Waals surface area contributed by atoms with Gasteiger partial charge in [-0.1, -0.05) is 12.1 Å². The van der Waals surface area contributed by atoms with Crippen LogP contribution in [0.4, 0.5) is 11.4 Å². The first-order valence-corrected chi connectivity index (χ1v) is 11.6. The molecular formula is C21H30N4O2S. The fourth-order valence-electron chi connectivity index (χ4n) is 3.62. The van der Waals surface area contributed by atoms with Gasteiger partial charge in [-0.25, -0.2) is 8.42 Å². The van der Waals surface area contributed by atoms with Gasteiger partial charge in [0.15, 0.2) is 0 Å². The van der Waals surface area contributed by atoms with Crippen molar-refractivity contribution in [3.05, 3.63) is 54.4 Å². The number of benzene rings is 1. The van der Waals surface area contributed by atoms with Crippen LogP contribution in [-0.4, -0.2) is 44.3 Å². The van der Waals surface area contributed by atoms with Crippen molar-refractivity contribution in [2.24, 2.45) is 0 Å². The van der Waals surface area contributed by atoms with Crippen LogP contribution in [0.3, 0.4) is 0 Å². The highest BCUT2D eigenvalue weighted by atomic mass is 32.2. The predicted molar refractivity (Wildman–Crippen MR) is 115 cm³/mol. The Hall–Kier alpha value is -2.12. The molecule has 1 aliphatic rings. The molecule has 0 radical (unpaired) electrons. The SMILES string of the molecule is CCS(=O)(=O)Nc1cccc(N2CCC(NC(C)Cc3ccccn3)CC2)c1. The molecule has 0 amide bonds. The fourth-order valence-corrected chi connectivity index (χ4v) is 4.25. The zero-order chi connectivity index (χ0) is 20.0. The lowest BCUT2D eigenvalue weighted by Crippen LogP contribution is -2.46. The van der Waals surface area contributed by atoms with Gasteiger partial charge in [0.2, 0.25) is 10.0 Å². The minimum atomic E-state index is -3.25. The molecule has 1 aliphatic heterocycles. The summed E-state index contributed by atoms with van der Waals surface area (Å²) in [5.74, 6) is 0.0744. The molecule has 6 nitrogen and oxygen atoms in total. The summed E-state index contributed by atoms with van der Waals surface area (Å²) in [4.78, 5) is 6.73. The lowest BCUT2D eigenvalue weighted by Gasteiger charge is -2.35. The molecule has 2 N–H and O–H groups in total. The van der Waals surface area contributed by atoms with Crippen LogP contribution in [0.15, 0.2) is 48.7 Å². The van der Waals surface area contributed by atoms with E-state index in [0.29, 0.717) is 17.8 Å². The molecule has 2 aromatic rings. The van der Waals surface area contributed by atoms with Crippen LogP contribution in [0.2, 0.25) is 0 Å². The molecule has 2 heterocycles. The summed E-state index contributed by atoms with van der Waals surface area (Å²) >= 11 is 0. The Labute approximate surface area is 168 Å². The number of pyridine rings is 1. The Bertz CT molecular complexity index is 850. The van der Waals surface area contributed by atoms with Gasteiger partial charge in [0.1, 0.15) is 0 Å². The number of nitrogens with zero attached hydrogens (tertiary/aromatic N) is 2. The van der Waals surface area contributed by atoms with E-state index in [1.54, 1.807) is 13.0 Å². The molecule has 1 fully saturated rings. The highest BCUT2D eigenvalue weighted by molar-refractivity contribution is 7.92. The van der Waals surface area contributed by atoms with Gasteiger partial charge >= 0.3 is 0 Å². The van der Waals surface area contributed by atoms with Crippen molar-refractivity contribution < 1.29 is 8.42 Å². The summed E-state index contributed by atoms with van der Waals surface area (Å²) in [5, 5.41) is 3.73. The number of rotatable bonds is 8. The van der Waals surface area contributed by atoms with E-state index in [1.807, 2.05) is 36.5 Å². The molecule has 1 atom stereocenters. The van der Waals surface area contributed by atoms with Crippen LogP contribution in [0, 0.1) is 0 Å². The lowest BCUT2D eigenvalue weighted by molar-refractivity contribution is 0.374. The Morgan fingerprint density at radius 3 is 2.64 bits per heavy atom. The Morgan fingerprint density at radius 2 is 1.96 bits per heavy atom. The van der Waals surface area contributed by atoms with Gasteiger partial charge < -0.3 is 10.2 Å². The fraction of sp³-hybridized carbons (Fsp3) is 0.476. The molecule has 0 spiro atoms. The van der Waals surface area contributed by atoms with Gasteiger partial charge in [-0.05, 0) is 57.0 Å². The van der Waals surface area contributed by atoms with Gasteiger partial charge in [-0.15, -0.1) is 0 Å². The first-order valence-electron chi connectivity index (χ1n) is 9.96. The number of sulfonamides is 1. The normalized spacial score (nSPS) is 16.7. The minimum absolute atomic E-state index is 0.0744. The molecule has 1 unspecified atom stereocenters.